The topological polar surface area (TPSA) is 95.9 Å². The maximum absolute atomic E-state index is 13.2. The van der Waals surface area contributed by atoms with Gasteiger partial charge in [-0.25, -0.2) is 0 Å². The number of allylic oxidation sites excluding steroid dienone is 20. The highest BCUT2D eigenvalue weighted by Gasteiger charge is 2.24. The molecule has 362 valence electrons. The molecule has 0 bridgehead atoms. The Bertz CT molecular complexity index is 1360. The Balaban J connectivity index is 4.83. The third-order valence-electron chi connectivity index (χ3n) is 10.8. The van der Waals surface area contributed by atoms with Crippen molar-refractivity contribution in [2.75, 3.05) is 6.61 Å². The standard InChI is InChI=1S/C58H95NO5/c1-4-7-10-13-16-19-22-24-26-28-30-32-35-37-40-43-46-49-54(52-57(62)59-55(53-60)56(61)50-47-44-41-38-34-21-18-15-12-9-6-3)64-58(63)51-48-45-42-39-36-33-31-29-27-25-23-20-17-14-11-8-5-2/h7-8,10-11,16-17,19-20,24-27,30-33,37,39-40,42,54-56,60-61H,4-6,9,12-15,18,21-23,28-29,34-36,38,41,43-53H2,1-3H3,(H,59,62)/b10-7-,11-8-,19-16-,20-17-,26-24-,27-25-,32-30-,33-31-,40-37-,42-39-. The predicted octanol–water partition coefficient (Wildman–Crippen LogP) is 15.7. The number of amides is 1. The molecule has 64 heavy (non-hydrogen) atoms. The van der Waals surface area contributed by atoms with Crippen molar-refractivity contribution in [3.05, 3.63) is 122 Å². The van der Waals surface area contributed by atoms with Gasteiger partial charge in [0.2, 0.25) is 5.91 Å². The molecule has 0 rings (SSSR count). The van der Waals surface area contributed by atoms with E-state index >= 15 is 0 Å². The zero-order valence-electron chi connectivity index (χ0n) is 41.1. The molecular weight excluding hydrogens is 791 g/mol. The molecule has 0 aromatic rings. The molecule has 1 amide bonds. The van der Waals surface area contributed by atoms with E-state index in [4.69, 9.17) is 4.74 Å². The third-order valence-corrected chi connectivity index (χ3v) is 10.8. The number of hydrogen-bond donors (Lipinski definition) is 3. The van der Waals surface area contributed by atoms with Crippen LogP contribution in [0, 0.1) is 0 Å². The molecule has 0 radical (unpaired) electrons. The fraction of sp³-hybridized carbons (Fsp3) is 0.621. The molecule has 0 aromatic carbocycles. The minimum Gasteiger partial charge on any atom is -0.462 e. The maximum Gasteiger partial charge on any atom is 0.306 e. The monoisotopic (exact) mass is 886 g/mol. The van der Waals surface area contributed by atoms with Gasteiger partial charge in [0.15, 0.2) is 0 Å². The number of carbonyl (C=O) groups is 2. The minimum absolute atomic E-state index is 0.00778. The Morgan fingerprint density at radius 2 is 0.844 bits per heavy atom. The Kier molecular flexibility index (Phi) is 47.3. The summed E-state index contributed by atoms with van der Waals surface area (Å²) in [6.45, 7) is 6.20. The van der Waals surface area contributed by atoms with Gasteiger partial charge < -0.3 is 20.3 Å². The second-order valence-electron chi connectivity index (χ2n) is 16.8. The molecular formula is C58H95NO5. The van der Waals surface area contributed by atoms with Crippen LogP contribution in [-0.4, -0.2) is 46.9 Å². The maximum atomic E-state index is 13.2. The highest BCUT2D eigenvalue weighted by molar-refractivity contribution is 5.77. The molecule has 0 spiro atoms. The first-order chi connectivity index (χ1) is 31.5. The summed E-state index contributed by atoms with van der Waals surface area (Å²) < 4.78 is 5.88. The van der Waals surface area contributed by atoms with Crippen molar-refractivity contribution in [2.24, 2.45) is 0 Å². The van der Waals surface area contributed by atoms with E-state index in [-0.39, 0.29) is 31.3 Å². The minimum atomic E-state index is -0.820. The first-order valence-corrected chi connectivity index (χ1v) is 25.8. The number of hydrogen-bond acceptors (Lipinski definition) is 5. The zero-order chi connectivity index (χ0) is 46.7. The second kappa shape index (κ2) is 50.3. The van der Waals surface area contributed by atoms with Gasteiger partial charge in [-0.15, -0.1) is 0 Å². The SMILES string of the molecule is CC/C=C\C/C=C\C/C=C\C/C=C\C/C=C\CCCC(=O)OC(CCC/C=C\C/C=C\C/C=C\C/C=C\C/C=C\CC)CC(=O)NC(CO)C(O)CCCCCCCCCCCCC. The summed E-state index contributed by atoms with van der Waals surface area (Å²) in [5.74, 6) is -0.612. The molecule has 3 unspecified atom stereocenters. The number of esters is 1. The van der Waals surface area contributed by atoms with Crippen molar-refractivity contribution in [1.82, 2.24) is 5.32 Å². The van der Waals surface area contributed by atoms with Crippen molar-refractivity contribution >= 4 is 11.9 Å². The summed E-state index contributed by atoms with van der Waals surface area (Å²) in [6, 6.07) is -0.739. The van der Waals surface area contributed by atoms with E-state index in [0.717, 1.165) is 103 Å². The van der Waals surface area contributed by atoms with Gasteiger partial charge in [-0.3, -0.25) is 9.59 Å². The van der Waals surface area contributed by atoms with Crippen molar-refractivity contribution in [3.63, 3.8) is 0 Å². The lowest BCUT2D eigenvalue weighted by Crippen LogP contribution is -2.46. The molecule has 0 aliphatic carbocycles. The Hall–Kier alpha value is -3.74. The Labute approximate surface area is 393 Å². The van der Waals surface area contributed by atoms with Crippen LogP contribution in [0.1, 0.15) is 207 Å². The van der Waals surface area contributed by atoms with Gasteiger partial charge in [-0.1, -0.05) is 213 Å². The first-order valence-electron chi connectivity index (χ1n) is 25.8. The first kappa shape index (κ1) is 60.3. The smallest absolute Gasteiger partial charge is 0.306 e. The van der Waals surface area contributed by atoms with Crippen LogP contribution in [-0.2, 0) is 14.3 Å². The lowest BCUT2D eigenvalue weighted by Gasteiger charge is -2.24. The van der Waals surface area contributed by atoms with Crippen LogP contribution in [0.2, 0.25) is 0 Å². The molecule has 6 heteroatoms. The van der Waals surface area contributed by atoms with Crippen LogP contribution < -0.4 is 5.32 Å². The number of aliphatic hydroxyl groups excluding tert-OH is 2. The Morgan fingerprint density at radius 3 is 1.25 bits per heavy atom. The lowest BCUT2D eigenvalue weighted by molar-refractivity contribution is -0.151. The fourth-order valence-electron chi connectivity index (χ4n) is 6.97. The largest absolute Gasteiger partial charge is 0.462 e. The van der Waals surface area contributed by atoms with Crippen molar-refractivity contribution < 1.29 is 24.5 Å². The number of aliphatic hydroxyl groups is 2. The van der Waals surface area contributed by atoms with Crippen LogP contribution in [0.5, 0.6) is 0 Å². The molecule has 0 aromatic heterocycles. The second-order valence-corrected chi connectivity index (χ2v) is 16.8. The predicted molar refractivity (Wildman–Crippen MR) is 277 cm³/mol. The average Bonchev–Trinajstić information content (AvgIpc) is 3.29. The van der Waals surface area contributed by atoms with Crippen molar-refractivity contribution in [1.29, 1.82) is 0 Å². The van der Waals surface area contributed by atoms with Crippen LogP contribution in [0.3, 0.4) is 0 Å². The van der Waals surface area contributed by atoms with E-state index in [1.165, 1.54) is 51.4 Å². The van der Waals surface area contributed by atoms with Crippen LogP contribution in [0.25, 0.3) is 0 Å². The van der Waals surface area contributed by atoms with E-state index in [1.807, 2.05) is 0 Å². The van der Waals surface area contributed by atoms with E-state index in [0.29, 0.717) is 19.3 Å². The molecule has 3 atom stereocenters. The van der Waals surface area contributed by atoms with Gasteiger partial charge in [0.25, 0.3) is 0 Å². The van der Waals surface area contributed by atoms with Crippen LogP contribution in [0.4, 0.5) is 0 Å². The van der Waals surface area contributed by atoms with E-state index in [1.54, 1.807) is 0 Å². The summed E-state index contributed by atoms with van der Waals surface area (Å²) >= 11 is 0. The molecule has 0 saturated heterocycles. The van der Waals surface area contributed by atoms with E-state index in [9.17, 15) is 19.8 Å². The number of unbranched alkanes of at least 4 members (excludes halogenated alkanes) is 12. The normalized spacial score (nSPS) is 14.3. The molecule has 6 nitrogen and oxygen atoms in total. The molecule has 0 aliphatic rings. The highest BCUT2D eigenvalue weighted by Crippen LogP contribution is 2.16. The van der Waals surface area contributed by atoms with Crippen molar-refractivity contribution in [2.45, 2.75) is 225 Å². The molecule has 0 heterocycles. The lowest BCUT2D eigenvalue weighted by atomic mass is 10.0. The van der Waals surface area contributed by atoms with Gasteiger partial charge in [0.05, 0.1) is 25.2 Å². The summed E-state index contributed by atoms with van der Waals surface area (Å²) in [5, 5.41) is 23.7. The van der Waals surface area contributed by atoms with Gasteiger partial charge in [0.1, 0.15) is 6.10 Å². The van der Waals surface area contributed by atoms with Crippen molar-refractivity contribution in [3.8, 4) is 0 Å². The Morgan fingerprint density at radius 1 is 0.469 bits per heavy atom. The number of carbonyl (C=O) groups excluding carboxylic acids is 2. The third kappa shape index (κ3) is 44.9. The summed E-state index contributed by atoms with van der Waals surface area (Å²) in [6.07, 6.45) is 69.8. The zero-order valence-corrected chi connectivity index (χ0v) is 41.1. The average molecular weight is 886 g/mol. The van der Waals surface area contributed by atoms with Crippen LogP contribution in [0.15, 0.2) is 122 Å². The quantitative estimate of drug-likeness (QED) is 0.0322. The van der Waals surface area contributed by atoms with E-state index < -0.39 is 18.2 Å². The number of nitrogens with one attached hydrogen (secondary N) is 1. The summed E-state index contributed by atoms with van der Waals surface area (Å²) in [4.78, 5) is 26.1. The fourth-order valence-corrected chi connectivity index (χ4v) is 6.97. The van der Waals surface area contributed by atoms with Gasteiger partial charge in [0, 0.05) is 6.42 Å². The molecule has 3 N–H and O–H groups in total. The summed E-state index contributed by atoms with van der Waals surface area (Å²) in [7, 11) is 0. The number of rotatable bonds is 44. The van der Waals surface area contributed by atoms with Gasteiger partial charge >= 0.3 is 5.97 Å². The highest BCUT2D eigenvalue weighted by atomic mass is 16.5. The molecule has 0 aliphatic heterocycles. The molecule has 0 saturated carbocycles. The number of ether oxygens (including phenoxy) is 1. The summed E-state index contributed by atoms with van der Waals surface area (Å²) in [5.41, 5.74) is 0. The van der Waals surface area contributed by atoms with E-state index in [2.05, 4.69) is 148 Å². The van der Waals surface area contributed by atoms with Gasteiger partial charge in [-0.05, 0) is 103 Å². The van der Waals surface area contributed by atoms with Gasteiger partial charge in [-0.2, -0.15) is 0 Å². The molecule has 0 fully saturated rings. The van der Waals surface area contributed by atoms with Crippen LogP contribution >= 0.6 is 0 Å².